The molecule has 0 aromatic heterocycles. The van der Waals surface area contributed by atoms with Crippen molar-refractivity contribution in [3.63, 3.8) is 0 Å². The van der Waals surface area contributed by atoms with Crippen molar-refractivity contribution in [2.24, 2.45) is 5.73 Å². The number of rotatable bonds is 2. The van der Waals surface area contributed by atoms with E-state index in [0.717, 1.165) is 31.6 Å². The highest BCUT2D eigenvalue weighted by Crippen LogP contribution is 2.21. The predicted octanol–water partition coefficient (Wildman–Crippen LogP) is 1.66. The number of hydrogen-bond donors (Lipinski definition) is 2. The van der Waals surface area contributed by atoms with Gasteiger partial charge in [0.1, 0.15) is 0 Å². The van der Waals surface area contributed by atoms with Crippen molar-refractivity contribution < 1.29 is 0 Å². The van der Waals surface area contributed by atoms with Crippen molar-refractivity contribution in [3.8, 4) is 0 Å². The Morgan fingerprint density at radius 1 is 1.20 bits per heavy atom. The minimum atomic E-state index is 0.401. The minimum absolute atomic E-state index is 0.401. The summed E-state index contributed by atoms with van der Waals surface area (Å²) in [4.78, 5) is 2.41. The van der Waals surface area contributed by atoms with E-state index in [2.05, 4.69) is 34.5 Å². The smallest absolute Gasteiger partial charge is 0.0367 e. The fraction of sp³-hybridized carbons (Fsp3) is 0.500. The maximum absolute atomic E-state index is 5.88. The molecule has 1 fully saturated rings. The molecule has 0 radical (unpaired) electrons. The van der Waals surface area contributed by atoms with E-state index in [4.69, 9.17) is 5.73 Å². The van der Waals surface area contributed by atoms with Crippen LogP contribution in [0.2, 0.25) is 0 Å². The zero-order valence-corrected chi connectivity index (χ0v) is 9.24. The van der Waals surface area contributed by atoms with E-state index in [0.29, 0.717) is 6.04 Å². The summed E-state index contributed by atoms with van der Waals surface area (Å²) < 4.78 is 0. The quantitative estimate of drug-likeness (QED) is 0.771. The van der Waals surface area contributed by atoms with E-state index >= 15 is 0 Å². The van der Waals surface area contributed by atoms with Crippen molar-refractivity contribution in [2.75, 3.05) is 30.4 Å². The maximum Gasteiger partial charge on any atom is 0.0367 e. The number of piperidine rings is 1. The Balaban J connectivity index is 2.03. The van der Waals surface area contributed by atoms with E-state index in [1.165, 1.54) is 5.69 Å². The Labute approximate surface area is 91.3 Å². The Bertz CT molecular complexity index is 299. The molecule has 3 nitrogen and oxygen atoms in total. The van der Waals surface area contributed by atoms with Gasteiger partial charge in [-0.15, -0.1) is 0 Å². The number of hydrogen-bond acceptors (Lipinski definition) is 3. The van der Waals surface area contributed by atoms with Gasteiger partial charge in [0.15, 0.2) is 0 Å². The first kappa shape index (κ1) is 10.3. The second-order valence-corrected chi connectivity index (χ2v) is 4.12. The summed E-state index contributed by atoms with van der Waals surface area (Å²) in [6.45, 7) is 2.17. The highest BCUT2D eigenvalue weighted by atomic mass is 15.1. The van der Waals surface area contributed by atoms with Crippen molar-refractivity contribution >= 4 is 11.4 Å². The largest absolute Gasteiger partial charge is 0.388 e. The number of benzene rings is 1. The molecule has 0 saturated carbocycles. The first-order valence-electron chi connectivity index (χ1n) is 5.58. The van der Waals surface area contributed by atoms with Crippen LogP contribution < -0.4 is 16.0 Å². The minimum Gasteiger partial charge on any atom is -0.388 e. The van der Waals surface area contributed by atoms with Crippen LogP contribution in [0.25, 0.3) is 0 Å². The number of nitrogens with one attached hydrogen (secondary N) is 1. The highest BCUT2D eigenvalue weighted by molar-refractivity contribution is 5.55. The van der Waals surface area contributed by atoms with Gasteiger partial charge in [-0.25, -0.2) is 0 Å². The second-order valence-electron chi connectivity index (χ2n) is 4.12. The molecule has 1 aliphatic heterocycles. The van der Waals surface area contributed by atoms with E-state index in [9.17, 15) is 0 Å². The van der Waals surface area contributed by atoms with Crippen LogP contribution in [0, 0.1) is 0 Å². The fourth-order valence-electron chi connectivity index (χ4n) is 2.00. The lowest BCUT2D eigenvalue weighted by molar-refractivity contribution is 0.501. The van der Waals surface area contributed by atoms with E-state index in [1.54, 1.807) is 0 Å². The average molecular weight is 205 g/mol. The summed E-state index contributed by atoms with van der Waals surface area (Å²) >= 11 is 0. The maximum atomic E-state index is 5.88. The molecule has 1 saturated heterocycles. The molecule has 0 amide bonds. The molecule has 1 aliphatic rings. The molecule has 1 aromatic carbocycles. The highest BCUT2D eigenvalue weighted by Gasteiger charge is 2.15. The molecule has 2 rings (SSSR count). The summed E-state index contributed by atoms with van der Waals surface area (Å²) in [5.74, 6) is 0. The lowest BCUT2D eigenvalue weighted by Gasteiger charge is -2.32. The molecule has 0 spiro atoms. The third-order valence-corrected chi connectivity index (χ3v) is 3.06. The Morgan fingerprint density at radius 3 is 2.33 bits per heavy atom. The number of anilines is 2. The molecule has 0 aliphatic carbocycles. The fourth-order valence-corrected chi connectivity index (χ4v) is 2.00. The second kappa shape index (κ2) is 4.53. The van der Waals surface area contributed by atoms with Gasteiger partial charge in [-0.1, -0.05) is 0 Å². The van der Waals surface area contributed by atoms with Crippen LogP contribution >= 0.6 is 0 Å². The molecule has 15 heavy (non-hydrogen) atoms. The van der Waals surface area contributed by atoms with Gasteiger partial charge in [-0.05, 0) is 37.1 Å². The molecule has 1 aromatic rings. The van der Waals surface area contributed by atoms with E-state index < -0.39 is 0 Å². The SMILES string of the molecule is CNc1ccc(N2CCC(N)CC2)cc1. The standard InChI is InChI=1S/C12H19N3/c1-14-11-2-4-12(5-3-11)15-8-6-10(13)7-9-15/h2-5,10,14H,6-9,13H2,1H3. The van der Waals surface area contributed by atoms with Crippen LogP contribution in [0.1, 0.15) is 12.8 Å². The van der Waals surface area contributed by atoms with Gasteiger partial charge < -0.3 is 16.0 Å². The zero-order valence-electron chi connectivity index (χ0n) is 9.24. The third-order valence-electron chi connectivity index (χ3n) is 3.06. The van der Waals surface area contributed by atoms with Gasteiger partial charge in [0.2, 0.25) is 0 Å². The normalized spacial score (nSPS) is 17.9. The Hall–Kier alpha value is -1.22. The number of nitrogens with zero attached hydrogens (tertiary/aromatic N) is 1. The predicted molar refractivity (Wildman–Crippen MR) is 65.4 cm³/mol. The summed E-state index contributed by atoms with van der Waals surface area (Å²) in [6.07, 6.45) is 2.21. The van der Waals surface area contributed by atoms with Gasteiger partial charge in [-0.2, -0.15) is 0 Å². The lowest BCUT2D eigenvalue weighted by atomic mass is 10.1. The van der Waals surface area contributed by atoms with Gasteiger partial charge in [0, 0.05) is 37.6 Å². The average Bonchev–Trinajstić information content (AvgIpc) is 2.30. The monoisotopic (exact) mass is 205 g/mol. The van der Waals surface area contributed by atoms with Crippen LogP contribution in [-0.2, 0) is 0 Å². The molecule has 1 heterocycles. The van der Waals surface area contributed by atoms with Gasteiger partial charge in [0.25, 0.3) is 0 Å². The molecule has 0 unspecified atom stereocenters. The first-order valence-corrected chi connectivity index (χ1v) is 5.58. The summed E-state index contributed by atoms with van der Waals surface area (Å²) in [5, 5.41) is 3.13. The summed E-state index contributed by atoms with van der Waals surface area (Å²) in [6, 6.07) is 8.97. The van der Waals surface area contributed by atoms with Crippen molar-refractivity contribution in [1.29, 1.82) is 0 Å². The molecule has 0 bridgehead atoms. The van der Waals surface area contributed by atoms with E-state index in [1.807, 2.05) is 7.05 Å². The van der Waals surface area contributed by atoms with Crippen LogP contribution in [0.5, 0.6) is 0 Å². The summed E-state index contributed by atoms with van der Waals surface area (Å²) in [5.41, 5.74) is 8.35. The van der Waals surface area contributed by atoms with Gasteiger partial charge in [0.05, 0.1) is 0 Å². The lowest BCUT2D eigenvalue weighted by Crippen LogP contribution is -2.39. The van der Waals surface area contributed by atoms with Crippen LogP contribution in [0.4, 0.5) is 11.4 Å². The van der Waals surface area contributed by atoms with Crippen molar-refractivity contribution in [2.45, 2.75) is 18.9 Å². The van der Waals surface area contributed by atoms with Crippen molar-refractivity contribution in [3.05, 3.63) is 24.3 Å². The molecular formula is C12H19N3. The van der Waals surface area contributed by atoms with Gasteiger partial charge >= 0.3 is 0 Å². The third kappa shape index (κ3) is 2.42. The summed E-state index contributed by atoms with van der Waals surface area (Å²) in [7, 11) is 1.94. The Morgan fingerprint density at radius 2 is 1.80 bits per heavy atom. The van der Waals surface area contributed by atoms with E-state index in [-0.39, 0.29) is 0 Å². The molecule has 3 heteroatoms. The molecule has 82 valence electrons. The number of nitrogens with two attached hydrogens (primary N) is 1. The van der Waals surface area contributed by atoms with Crippen LogP contribution in [-0.4, -0.2) is 26.2 Å². The van der Waals surface area contributed by atoms with Crippen LogP contribution in [0.15, 0.2) is 24.3 Å². The molecular weight excluding hydrogens is 186 g/mol. The topological polar surface area (TPSA) is 41.3 Å². The zero-order chi connectivity index (χ0) is 10.7. The van der Waals surface area contributed by atoms with Gasteiger partial charge in [-0.3, -0.25) is 0 Å². The van der Waals surface area contributed by atoms with Crippen molar-refractivity contribution in [1.82, 2.24) is 0 Å². The molecule has 0 atom stereocenters. The Kier molecular flexibility index (Phi) is 3.11. The molecule has 3 N–H and O–H groups in total. The first-order chi connectivity index (χ1) is 7.29. The van der Waals surface area contributed by atoms with Crippen LogP contribution in [0.3, 0.4) is 0 Å².